The summed E-state index contributed by atoms with van der Waals surface area (Å²) >= 11 is 0. The zero-order valence-electron chi connectivity index (χ0n) is 12.4. The first kappa shape index (κ1) is 16.4. The Morgan fingerprint density at radius 1 is 1.36 bits per heavy atom. The average Bonchev–Trinajstić information content (AvgIpc) is 2.47. The number of hydrogen-bond donors (Lipinski definition) is 1. The first-order chi connectivity index (χ1) is 10.4. The summed E-state index contributed by atoms with van der Waals surface area (Å²) in [4.78, 5) is 25.6. The Labute approximate surface area is 127 Å². The lowest BCUT2D eigenvalue weighted by molar-refractivity contribution is -0.142. The molecule has 1 fully saturated rings. The molecule has 2 amide bonds. The second-order valence-corrected chi connectivity index (χ2v) is 5.35. The van der Waals surface area contributed by atoms with Crippen molar-refractivity contribution in [1.29, 1.82) is 0 Å². The molecule has 0 bridgehead atoms. The van der Waals surface area contributed by atoms with Crippen LogP contribution in [-0.2, 0) is 9.53 Å². The number of nitrogens with zero attached hydrogens (tertiary/aromatic N) is 1. The van der Waals surface area contributed by atoms with E-state index in [4.69, 9.17) is 4.74 Å². The standard InChI is InChI=1S/C15H18F2N2O3/c1-9-8-22-10(2)7-19(9)14(20)6-18-15(21)12-4-3-11(16)5-13(12)17/h3-5,9-10H,6-8H2,1-2H3,(H,18,21). The van der Waals surface area contributed by atoms with Gasteiger partial charge in [0.15, 0.2) is 0 Å². The van der Waals surface area contributed by atoms with Crippen LogP contribution in [0.5, 0.6) is 0 Å². The highest BCUT2D eigenvalue weighted by Crippen LogP contribution is 2.12. The topological polar surface area (TPSA) is 58.6 Å². The summed E-state index contributed by atoms with van der Waals surface area (Å²) in [6, 6.07) is 2.58. The molecule has 0 spiro atoms. The van der Waals surface area contributed by atoms with E-state index in [1.165, 1.54) is 0 Å². The highest BCUT2D eigenvalue weighted by molar-refractivity contribution is 5.96. The number of carbonyl (C=O) groups is 2. The Hall–Kier alpha value is -2.02. The molecule has 2 rings (SSSR count). The van der Waals surface area contributed by atoms with Crippen molar-refractivity contribution in [1.82, 2.24) is 10.2 Å². The van der Waals surface area contributed by atoms with Gasteiger partial charge in [-0.1, -0.05) is 0 Å². The van der Waals surface area contributed by atoms with E-state index in [2.05, 4.69) is 5.32 Å². The van der Waals surface area contributed by atoms with Gasteiger partial charge in [-0.05, 0) is 26.0 Å². The summed E-state index contributed by atoms with van der Waals surface area (Å²) in [6.07, 6.45) is -0.0644. The van der Waals surface area contributed by atoms with Crippen molar-refractivity contribution in [3.63, 3.8) is 0 Å². The van der Waals surface area contributed by atoms with Crippen LogP contribution >= 0.6 is 0 Å². The molecule has 0 saturated carbocycles. The van der Waals surface area contributed by atoms with Gasteiger partial charge in [0, 0.05) is 12.6 Å². The molecule has 1 aromatic rings. The average molecular weight is 312 g/mol. The lowest BCUT2D eigenvalue weighted by atomic mass is 10.2. The Morgan fingerprint density at radius 3 is 2.77 bits per heavy atom. The third-order valence-corrected chi connectivity index (χ3v) is 3.50. The van der Waals surface area contributed by atoms with Crippen LogP contribution in [0.25, 0.3) is 0 Å². The van der Waals surface area contributed by atoms with Gasteiger partial charge in [-0.2, -0.15) is 0 Å². The van der Waals surface area contributed by atoms with Crippen LogP contribution < -0.4 is 5.32 Å². The predicted octanol–water partition coefficient (Wildman–Crippen LogP) is 1.33. The molecular weight excluding hydrogens is 294 g/mol. The number of benzene rings is 1. The minimum atomic E-state index is -0.960. The zero-order valence-corrected chi connectivity index (χ0v) is 12.4. The Morgan fingerprint density at radius 2 is 2.09 bits per heavy atom. The van der Waals surface area contributed by atoms with Gasteiger partial charge in [-0.15, -0.1) is 0 Å². The molecule has 1 heterocycles. The Bertz CT molecular complexity index is 580. The van der Waals surface area contributed by atoms with Crippen molar-refractivity contribution >= 4 is 11.8 Å². The summed E-state index contributed by atoms with van der Waals surface area (Å²) in [6.45, 7) is 4.35. The fraction of sp³-hybridized carbons (Fsp3) is 0.467. The molecule has 1 N–H and O–H groups in total. The first-order valence-corrected chi connectivity index (χ1v) is 7.02. The smallest absolute Gasteiger partial charge is 0.254 e. The van der Waals surface area contributed by atoms with Gasteiger partial charge in [-0.25, -0.2) is 8.78 Å². The number of hydrogen-bond acceptors (Lipinski definition) is 3. The van der Waals surface area contributed by atoms with Gasteiger partial charge >= 0.3 is 0 Å². The summed E-state index contributed by atoms with van der Waals surface area (Å²) in [5.74, 6) is -2.74. The predicted molar refractivity (Wildman–Crippen MR) is 75.3 cm³/mol. The van der Waals surface area contributed by atoms with Crippen molar-refractivity contribution in [2.75, 3.05) is 19.7 Å². The maximum absolute atomic E-state index is 13.5. The quantitative estimate of drug-likeness (QED) is 0.916. The molecular formula is C15H18F2N2O3. The van der Waals surface area contributed by atoms with Gasteiger partial charge in [0.25, 0.3) is 5.91 Å². The molecule has 0 aliphatic carbocycles. The van der Waals surface area contributed by atoms with Crippen molar-refractivity contribution < 1.29 is 23.1 Å². The normalized spacial score (nSPS) is 21.5. The number of ether oxygens (including phenoxy) is 1. The highest BCUT2D eigenvalue weighted by Gasteiger charge is 2.27. The highest BCUT2D eigenvalue weighted by atomic mass is 19.1. The number of carbonyl (C=O) groups excluding carboxylic acids is 2. The van der Waals surface area contributed by atoms with Crippen LogP contribution in [0, 0.1) is 11.6 Å². The van der Waals surface area contributed by atoms with Crippen LogP contribution in [0.3, 0.4) is 0 Å². The fourth-order valence-electron chi connectivity index (χ4n) is 2.28. The number of halogens is 2. The van der Waals surface area contributed by atoms with Crippen LogP contribution in [0.4, 0.5) is 8.78 Å². The molecule has 7 heteroatoms. The molecule has 22 heavy (non-hydrogen) atoms. The minimum absolute atomic E-state index is 0.0644. The maximum atomic E-state index is 13.5. The lowest BCUT2D eigenvalue weighted by Crippen LogP contribution is -2.52. The van der Waals surface area contributed by atoms with E-state index in [0.717, 1.165) is 12.1 Å². The summed E-state index contributed by atoms with van der Waals surface area (Å²) in [5, 5.41) is 2.36. The van der Waals surface area contributed by atoms with Crippen LogP contribution in [0.15, 0.2) is 18.2 Å². The van der Waals surface area contributed by atoms with Crippen LogP contribution in [0.1, 0.15) is 24.2 Å². The molecule has 1 aliphatic rings. The molecule has 1 aliphatic heterocycles. The second kappa shape index (κ2) is 6.83. The first-order valence-electron chi connectivity index (χ1n) is 7.02. The van der Waals surface area contributed by atoms with Gasteiger partial charge in [0.2, 0.25) is 5.91 Å². The Balaban J connectivity index is 1.94. The third-order valence-electron chi connectivity index (χ3n) is 3.50. The van der Waals surface area contributed by atoms with Gasteiger partial charge in [0.1, 0.15) is 11.6 Å². The van der Waals surface area contributed by atoms with E-state index in [-0.39, 0.29) is 30.2 Å². The van der Waals surface area contributed by atoms with Crippen molar-refractivity contribution in [2.45, 2.75) is 26.0 Å². The molecule has 1 saturated heterocycles. The zero-order chi connectivity index (χ0) is 16.3. The number of rotatable bonds is 3. The molecule has 0 aromatic heterocycles. The van der Waals surface area contributed by atoms with E-state index in [1.807, 2.05) is 13.8 Å². The number of morpholine rings is 1. The van der Waals surface area contributed by atoms with Gasteiger partial charge < -0.3 is 15.0 Å². The minimum Gasteiger partial charge on any atom is -0.375 e. The number of nitrogens with one attached hydrogen (secondary N) is 1. The fourth-order valence-corrected chi connectivity index (χ4v) is 2.28. The van der Waals surface area contributed by atoms with Crippen molar-refractivity contribution in [3.8, 4) is 0 Å². The molecule has 2 atom stereocenters. The molecule has 120 valence electrons. The van der Waals surface area contributed by atoms with E-state index in [1.54, 1.807) is 4.90 Å². The molecule has 2 unspecified atom stereocenters. The van der Waals surface area contributed by atoms with E-state index >= 15 is 0 Å². The van der Waals surface area contributed by atoms with Gasteiger partial charge in [-0.3, -0.25) is 9.59 Å². The van der Waals surface area contributed by atoms with Crippen LogP contribution in [-0.4, -0.2) is 48.6 Å². The third kappa shape index (κ3) is 3.79. The molecule has 5 nitrogen and oxygen atoms in total. The van der Waals surface area contributed by atoms with Crippen molar-refractivity contribution in [2.24, 2.45) is 0 Å². The van der Waals surface area contributed by atoms with Crippen LogP contribution in [0.2, 0.25) is 0 Å². The summed E-state index contributed by atoms with van der Waals surface area (Å²) in [7, 11) is 0. The monoisotopic (exact) mass is 312 g/mol. The summed E-state index contributed by atoms with van der Waals surface area (Å²) in [5.41, 5.74) is -0.294. The number of amides is 2. The van der Waals surface area contributed by atoms with E-state index in [9.17, 15) is 18.4 Å². The second-order valence-electron chi connectivity index (χ2n) is 5.35. The lowest BCUT2D eigenvalue weighted by Gasteiger charge is -2.36. The largest absolute Gasteiger partial charge is 0.375 e. The maximum Gasteiger partial charge on any atom is 0.254 e. The van der Waals surface area contributed by atoms with E-state index < -0.39 is 17.5 Å². The van der Waals surface area contributed by atoms with Crippen molar-refractivity contribution in [3.05, 3.63) is 35.4 Å². The van der Waals surface area contributed by atoms with Gasteiger partial charge in [0.05, 0.1) is 30.9 Å². The summed E-state index contributed by atoms with van der Waals surface area (Å²) < 4.78 is 31.7. The molecule has 0 radical (unpaired) electrons. The Kier molecular flexibility index (Phi) is 5.07. The SMILES string of the molecule is CC1CN(C(=O)CNC(=O)c2ccc(F)cc2F)C(C)CO1. The molecule has 1 aromatic carbocycles. The van der Waals surface area contributed by atoms with E-state index in [0.29, 0.717) is 19.2 Å².